The van der Waals surface area contributed by atoms with Crippen molar-refractivity contribution < 1.29 is 8.42 Å². The predicted molar refractivity (Wildman–Crippen MR) is 82.5 cm³/mol. The molecule has 0 amide bonds. The van der Waals surface area contributed by atoms with E-state index < -0.39 is 10.0 Å². The number of nitrogens with zero attached hydrogens (tertiary/aromatic N) is 1. The van der Waals surface area contributed by atoms with Crippen LogP contribution in [0.25, 0.3) is 0 Å². The van der Waals surface area contributed by atoms with Crippen LogP contribution in [0.2, 0.25) is 0 Å². The molecule has 0 spiro atoms. The van der Waals surface area contributed by atoms with E-state index in [2.05, 4.69) is 21.9 Å². The maximum atomic E-state index is 12.4. The lowest BCUT2D eigenvalue weighted by molar-refractivity contribution is 0.260. The monoisotopic (exact) mass is 317 g/mol. The molecule has 0 saturated carbocycles. The van der Waals surface area contributed by atoms with E-state index in [4.69, 9.17) is 0 Å². The van der Waals surface area contributed by atoms with Crippen molar-refractivity contribution in [1.82, 2.24) is 14.9 Å². The molecule has 20 heavy (non-hydrogen) atoms. The molecule has 1 aromatic rings. The third-order valence-corrected chi connectivity index (χ3v) is 6.22. The number of sulfonamides is 1. The third-order valence-electron chi connectivity index (χ3n) is 3.66. The Kier molecular flexibility index (Phi) is 5.57. The highest BCUT2D eigenvalue weighted by molar-refractivity contribution is 7.89. The average molecular weight is 317 g/mol. The third kappa shape index (κ3) is 3.79. The van der Waals surface area contributed by atoms with Crippen molar-refractivity contribution in [2.24, 2.45) is 0 Å². The number of nitrogens with one attached hydrogen (secondary N) is 2. The molecule has 0 aliphatic carbocycles. The molecule has 0 aromatic carbocycles. The molecule has 1 aliphatic rings. The van der Waals surface area contributed by atoms with Crippen LogP contribution in [0.4, 0.5) is 0 Å². The smallest absolute Gasteiger partial charge is 0.241 e. The van der Waals surface area contributed by atoms with Gasteiger partial charge in [0.25, 0.3) is 0 Å². The van der Waals surface area contributed by atoms with Gasteiger partial charge in [-0.15, -0.1) is 11.3 Å². The summed E-state index contributed by atoms with van der Waals surface area (Å²) >= 11 is 1.47. The van der Waals surface area contributed by atoms with Gasteiger partial charge in [0, 0.05) is 24.0 Å². The van der Waals surface area contributed by atoms with Crippen LogP contribution in [-0.4, -0.2) is 46.0 Å². The van der Waals surface area contributed by atoms with Crippen molar-refractivity contribution in [1.29, 1.82) is 0 Å². The van der Waals surface area contributed by atoms with E-state index in [-0.39, 0.29) is 6.04 Å². The van der Waals surface area contributed by atoms with Gasteiger partial charge >= 0.3 is 0 Å². The Bertz CT molecular complexity index is 521. The largest absolute Gasteiger partial charge is 0.315 e. The van der Waals surface area contributed by atoms with Gasteiger partial charge in [0.05, 0.1) is 4.90 Å². The number of thiophene rings is 1. The van der Waals surface area contributed by atoms with E-state index in [0.29, 0.717) is 18.0 Å². The summed E-state index contributed by atoms with van der Waals surface area (Å²) in [6.45, 7) is 5.28. The fraction of sp³-hybridized carbons (Fsp3) is 0.692. The highest BCUT2D eigenvalue weighted by Gasteiger charge is 2.23. The summed E-state index contributed by atoms with van der Waals surface area (Å²) in [5.74, 6) is 0. The second-order valence-corrected chi connectivity index (χ2v) is 7.92. The van der Waals surface area contributed by atoms with Crippen LogP contribution in [0.1, 0.15) is 24.6 Å². The normalized spacial score (nSPS) is 18.5. The van der Waals surface area contributed by atoms with Crippen LogP contribution in [-0.2, 0) is 16.6 Å². The van der Waals surface area contributed by atoms with E-state index in [1.807, 2.05) is 12.4 Å². The Morgan fingerprint density at radius 3 is 2.75 bits per heavy atom. The fourth-order valence-electron chi connectivity index (χ4n) is 2.48. The van der Waals surface area contributed by atoms with Crippen molar-refractivity contribution in [3.05, 3.63) is 16.3 Å². The van der Waals surface area contributed by atoms with E-state index in [1.54, 1.807) is 6.07 Å². The minimum atomic E-state index is -3.40. The molecule has 114 valence electrons. The van der Waals surface area contributed by atoms with E-state index in [1.165, 1.54) is 24.2 Å². The molecule has 1 fully saturated rings. The Morgan fingerprint density at radius 1 is 1.40 bits per heavy atom. The molecule has 7 heteroatoms. The molecule has 1 aliphatic heterocycles. The Morgan fingerprint density at radius 2 is 2.10 bits per heavy atom. The van der Waals surface area contributed by atoms with Gasteiger partial charge in [-0.25, -0.2) is 13.1 Å². The first-order chi connectivity index (χ1) is 9.54. The van der Waals surface area contributed by atoms with Gasteiger partial charge in [-0.3, -0.25) is 4.90 Å². The van der Waals surface area contributed by atoms with Crippen molar-refractivity contribution >= 4 is 21.4 Å². The average Bonchev–Trinajstić information content (AvgIpc) is 3.07. The first kappa shape index (κ1) is 15.9. The summed E-state index contributed by atoms with van der Waals surface area (Å²) in [6, 6.07) is 1.93. The summed E-state index contributed by atoms with van der Waals surface area (Å²) in [4.78, 5) is 3.60. The van der Waals surface area contributed by atoms with Gasteiger partial charge in [0.1, 0.15) is 0 Å². The minimum absolute atomic E-state index is 0.249. The summed E-state index contributed by atoms with van der Waals surface area (Å²) < 4.78 is 27.5. The lowest BCUT2D eigenvalue weighted by atomic mass is 10.3. The van der Waals surface area contributed by atoms with Crippen LogP contribution < -0.4 is 10.0 Å². The predicted octanol–water partition coefficient (Wildman–Crippen LogP) is 1.23. The second kappa shape index (κ2) is 7.00. The van der Waals surface area contributed by atoms with Crippen molar-refractivity contribution in [2.45, 2.75) is 37.2 Å². The summed E-state index contributed by atoms with van der Waals surface area (Å²) in [6.07, 6.45) is 2.43. The first-order valence-corrected chi connectivity index (χ1v) is 9.35. The number of rotatable bonds is 7. The van der Waals surface area contributed by atoms with E-state index in [9.17, 15) is 8.42 Å². The molecular formula is C13H23N3O2S2. The molecule has 1 atom stereocenters. The van der Waals surface area contributed by atoms with Gasteiger partial charge in [-0.2, -0.15) is 0 Å². The van der Waals surface area contributed by atoms with Crippen LogP contribution in [0.5, 0.6) is 0 Å². The highest BCUT2D eigenvalue weighted by atomic mass is 32.2. The number of hydrogen-bond donors (Lipinski definition) is 2. The maximum absolute atomic E-state index is 12.4. The molecule has 5 nitrogen and oxygen atoms in total. The lowest BCUT2D eigenvalue weighted by Crippen LogP contribution is -2.40. The Balaban J connectivity index is 1.98. The van der Waals surface area contributed by atoms with Gasteiger partial charge in [0.15, 0.2) is 0 Å². The van der Waals surface area contributed by atoms with Crippen LogP contribution in [0.3, 0.4) is 0 Å². The molecule has 2 N–H and O–H groups in total. The first-order valence-electron chi connectivity index (χ1n) is 6.99. The topological polar surface area (TPSA) is 61.4 Å². The minimum Gasteiger partial charge on any atom is -0.315 e. The highest BCUT2D eigenvalue weighted by Crippen LogP contribution is 2.21. The second-order valence-electron chi connectivity index (χ2n) is 5.18. The van der Waals surface area contributed by atoms with Crippen molar-refractivity contribution in [2.75, 3.05) is 26.7 Å². The summed E-state index contributed by atoms with van der Waals surface area (Å²) in [7, 11) is -1.58. The Labute approximate surface area is 125 Å². The SMILES string of the molecule is CNCc1sccc1S(=O)(=O)NCC(C)N1CCCC1. The quantitative estimate of drug-likeness (QED) is 0.794. The Hall–Kier alpha value is -0.470. The van der Waals surface area contributed by atoms with Crippen LogP contribution in [0.15, 0.2) is 16.3 Å². The lowest BCUT2D eigenvalue weighted by Gasteiger charge is -2.23. The van der Waals surface area contributed by atoms with Crippen molar-refractivity contribution in [3.8, 4) is 0 Å². The van der Waals surface area contributed by atoms with E-state index in [0.717, 1.165) is 18.0 Å². The standard InChI is InChI=1S/C13H23N3O2S2/c1-11(16-6-3-4-7-16)9-15-20(17,18)13-5-8-19-12(13)10-14-2/h5,8,11,14-15H,3-4,6-7,9-10H2,1-2H3. The van der Waals surface area contributed by atoms with E-state index >= 15 is 0 Å². The van der Waals surface area contributed by atoms with Gasteiger partial charge < -0.3 is 5.32 Å². The molecule has 2 heterocycles. The van der Waals surface area contributed by atoms with Crippen molar-refractivity contribution in [3.63, 3.8) is 0 Å². The zero-order chi connectivity index (χ0) is 14.6. The van der Waals surface area contributed by atoms with Gasteiger partial charge in [-0.1, -0.05) is 0 Å². The fourth-order valence-corrected chi connectivity index (χ4v) is 5.05. The number of hydrogen-bond acceptors (Lipinski definition) is 5. The van der Waals surface area contributed by atoms with Crippen LogP contribution >= 0.6 is 11.3 Å². The molecule has 1 unspecified atom stereocenters. The zero-order valence-corrected chi connectivity index (χ0v) is 13.7. The molecule has 0 bridgehead atoms. The zero-order valence-electron chi connectivity index (χ0n) is 12.1. The molecule has 2 rings (SSSR count). The van der Waals surface area contributed by atoms with Gasteiger partial charge in [0.2, 0.25) is 10.0 Å². The van der Waals surface area contributed by atoms with Crippen LogP contribution in [0, 0.1) is 0 Å². The van der Waals surface area contributed by atoms with Gasteiger partial charge in [-0.05, 0) is 51.3 Å². The summed E-state index contributed by atoms with van der Waals surface area (Å²) in [5.41, 5.74) is 0. The molecule has 1 aromatic heterocycles. The molecule has 1 saturated heterocycles. The maximum Gasteiger partial charge on any atom is 0.241 e. The summed E-state index contributed by atoms with van der Waals surface area (Å²) in [5, 5.41) is 4.83. The number of likely N-dealkylation sites (tertiary alicyclic amines) is 1. The molecule has 0 radical (unpaired) electrons. The molecular weight excluding hydrogens is 294 g/mol.